The van der Waals surface area contributed by atoms with Gasteiger partial charge in [0.25, 0.3) is 0 Å². The van der Waals surface area contributed by atoms with Gasteiger partial charge < -0.3 is 9.47 Å². The molecule has 0 aromatic heterocycles. The highest BCUT2D eigenvalue weighted by molar-refractivity contribution is 7.89. The molecule has 3 aromatic carbocycles. The molecule has 158 valence electrons. The van der Waals surface area contributed by atoms with Crippen LogP contribution in [0.15, 0.2) is 71.6 Å². The van der Waals surface area contributed by atoms with E-state index in [-0.39, 0.29) is 4.90 Å². The molecule has 1 aliphatic rings. The van der Waals surface area contributed by atoms with Crippen molar-refractivity contribution in [1.82, 2.24) is 4.31 Å². The van der Waals surface area contributed by atoms with E-state index in [9.17, 15) is 13.7 Å². The van der Waals surface area contributed by atoms with Crippen molar-refractivity contribution < 1.29 is 17.9 Å². The Bertz CT molecular complexity index is 1250. The first kappa shape index (κ1) is 20.9. The third-order valence-corrected chi connectivity index (χ3v) is 7.38. The highest BCUT2D eigenvalue weighted by Gasteiger charge is 2.38. The van der Waals surface area contributed by atoms with Crippen molar-refractivity contribution >= 4 is 10.0 Å². The van der Waals surface area contributed by atoms with Crippen molar-refractivity contribution in [2.75, 3.05) is 20.8 Å². The van der Waals surface area contributed by atoms with E-state index in [1.807, 2.05) is 48.5 Å². The SMILES string of the molecule is COc1cc2c(cc1OC)[C@H](c1ccccc1)N(S(=O)(=O)c1cccc(C#N)c1)CC2. The lowest BCUT2D eigenvalue weighted by Crippen LogP contribution is -2.40. The molecule has 0 aliphatic carbocycles. The number of nitriles is 1. The van der Waals surface area contributed by atoms with Crippen LogP contribution in [0.5, 0.6) is 11.5 Å². The van der Waals surface area contributed by atoms with Crippen molar-refractivity contribution in [1.29, 1.82) is 5.26 Å². The third kappa shape index (κ3) is 3.76. The van der Waals surface area contributed by atoms with E-state index >= 15 is 0 Å². The van der Waals surface area contributed by atoms with Crippen LogP contribution in [0.25, 0.3) is 0 Å². The summed E-state index contributed by atoms with van der Waals surface area (Å²) in [6.07, 6.45) is 0.538. The van der Waals surface area contributed by atoms with Gasteiger partial charge in [0, 0.05) is 6.54 Å². The number of sulfonamides is 1. The van der Waals surface area contributed by atoms with E-state index in [1.165, 1.54) is 16.4 Å². The standard InChI is InChI=1S/C24H22N2O4S/c1-29-22-14-19-11-12-26(31(27,28)20-10-6-7-17(13-20)16-25)24(18-8-4-3-5-9-18)21(19)15-23(22)30-2/h3-10,13-15,24H,11-12H2,1-2H3/t24-/m0/s1. The van der Waals surface area contributed by atoms with Crippen LogP contribution in [0, 0.1) is 11.3 Å². The van der Waals surface area contributed by atoms with Crippen LogP contribution in [0.1, 0.15) is 28.3 Å². The molecule has 0 saturated carbocycles. The van der Waals surface area contributed by atoms with Crippen LogP contribution in [-0.2, 0) is 16.4 Å². The second-order valence-corrected chi connectivity index (χ2v) is 9.12. The Labute approximate surface area is 182 Å². The van der Waals surface area contributed by atoms with Gasteiger partial charge in [-0.25, -0.2) is 8.42 Å². The summed E-state index contributed by atoms with van der Waals surface area (Å²) in [7, 11) is -0.714. The molecule has 3 aromatic rings. The number of hydrogen-bond acceptors (Lipinski definition) is 5. The zero-order chi connectivity index (χ0) is 22.0. The predicted octanol–water partition coefficient (Wildman–Crippen LogP) is 3.91. The number of hydrogen-bond donors (Lipinski definition) is 0. The van der Waals surface area contributed by atoms with Gasteiger partial charge in [-0.1, -0.05) is 36.4 Å². The van der Waals surface area contributed by atoms with Crippen LogP contribution in [-0.4, -0.2) is 33.5 Å². The van der Waals surface area contributed by atoms with Crippen LogP contribution in [0.4, 0.5) is 0 Å². The Morgan fingerprint density at radius 2 is 1.68 bits per heavy atom. The van der Waals surface area contributed by atoms with Gasteiger partial charge in [-0.15, -0.1) is 0 Å². The first-order valence-corrected chi connectivity index (χ1v) is 11.3. The summed E-state index contributed by atoms with van der Waals surface area (Å²) in [5.41, 5.74) is 3.04. The smallest absolute Gasteiger partial charge is 0.243 e. The molecular formula is C24H22N2O4S. The molecule has 0 N–H and O–H groups in total. The van der Waals surface area contributed by atoms with Crippen molar-refractivity contribution in [2.24, 2.45) is 0 Å². The minimum Gasteiger partial charge on any atom is -0.493 e. The maximum Gasteiger partial charge on any atom is 0.243 e. The van der Waals surface area contributed by atoms with E-state index in [0.717, 1.165) is 16.7 Å². The number of ether oxygens (including phenoxy) is 2. The molecule has 31 heavy (non-hydrogen) atoms. The lowest BCUT2D eigenvalue weighted by atomic mass is 9.89. The Balaban J connectivity index is 1.90. The van der Waals surface area contributed by atoms with Crippen molar-refractivity contribution in [3.63, 3.8) is 0 Å². The van der Waals surface area contributed by atoms with Gasteiger partial charge in [0.2, 0.25) is 10.0 Å². The first-order chi connectivity index (χ1) is 15.0. The van der Waals surface area contributed by atoms with Crippen LogP contribution in [0.3, 0.4) is 0 Å². The average molecular weight is 435 g/mol. The highest BCUT2D eigenvalue weighted by atomic mass is 32.2. The Hall–Kier alpha value is -3.34. The minimum absolute atomic E-state index is 0.108. The van der Waals surface area contributed by atoms with E-state index in [1.54, 1.807) is 26.4 Å². The number of rotatable bonds is 5. The molecule has 4 rings (SSSR count). The van der Waals surface area contributed by atoms with Crippen molar-refractivity contribution in [2.45, 2.75) is 17.4 Å². The van der Waals surface area contributed by atoms with Gasteiger partial charge in [0.05, 0.1) is 36.8 Å². The summed E-state index contributed by atoms with van der Waals surface area (Å²) in [5.74, 6) is 1.17. The molecule has 0 amide bonds. The van der Waals surface area contributed by atoms with E-state index in [2.05, 4.69) is 0 Å². The molecule has 1 aliphatic heterocycles. The molecule has 1 atom stereocenters. The molecular weight excluding hydrogens is 412 g/mol. The number of fused-ring (bicyclic) bond motifs is 1. The topological polar surface area (TPSA) is 79.6 Å². The zero-order valence-electron chi connectivity index (χ0n) is 17.3. The third-order valence-electron chi connectivity index (χ3n) is 5.51. The molecule has 7 heteroatoms. The molecule has 0 spiro atoms. The fraction of sp³-hybridized carbons (Fsp3) is 0.208. The number of benzene rings is 3. The second kappa shape index (κ2) is 8.42. The predicted molar refractivity (Wildman–Crippen MR) is 117 cm³/mol. The largest absolute Gasteiger partial charge is 0.493 e. The van der Waals surface area contributed by atoms with Crippen LogP contribution >= 0.6 is 0 Å². The van der Waals surface area contributed by atoms with E-state index in [0.29, 0.717) is 30.0 Å². The molecule has 1 heterocycles. The summed E-state index contributed by atoms with van der Waals surface area (Å²) in [6, 6.07) is 20.9. The summed E-state index contributed by atoms with van der Waals surface area (Å²) >= 11 is 0. The van der Waals surface area contributed by atoms with Gasteiger partial charge in [-0.05, 0) is 53.4 Å². The summed E-state index contributed by atoms with van der Waals surface area (Å²) < 4.78 is 39.8. The Morgan fingerprint density at radius 1 is 0.968 bits per heavy atom. The summed E-state index contributed by atoms with van der Waals surface area (Å²) in [6.45, 7) is 0.307. The molecule has 0 saturated heterocycles. The lowest BCUT2D eigenvalue weighted by molar-refractivity contribution is 0.332. The Morgan fingerprint density at radius 3 is 2.35 bits per heavy atom. The fourth-order valence-corrected chi connectivity index (χ4v) is 5.67. The maximum absolute atomic E-state index is 13.7. The average Bonchev–Trinajstić information content (AvgIpc) is 2.82. The molecule has 0 unspecified atom stereocenters. The van der Waals surface area contributed by atoms with Gasteiger partial charge in [-0.2, -0.15) is 9.57 Å². The van der Waals surface area contributed by atoms with Gasteiger partial charge in [0.15, 0.2) is 11.5 Å². The summed E-state index contributed by atoms with van der Waals surface area (Å²) in [5, 5.41) is 9.22. The first-order valence-electron chi connectivity index (χ1n) is 9.81. The lowest BCUT2D eigenvalue weighted by Gasteiger charge is -2.37. The van der Waals surface area contributed by atoms with Crippen LogP contribution < -0.4 is 9.47 Å². The summed E-state index contributed by atoms with van der Waals surface area (Å²) in [4.78, 5) is 0.108. The van der Waals surface area contributed by atoms with Gasteiger partial charge >= 0.3 is 0 Å². The Kier molecular flexibility index (Phi) is 5.68. The highest BCUT2D eigenvalue weighted by Crippen LogP contribution is 2.43. The number of methoxy groups -OCH3 is 2. The van der Waals surface area contributed by atoms with E-state index < -0.39 is 16.1 Å². The second-order valence-electron chi connectivity index (χ2n) is 7.22. The molecule has 0 bridgehead atoms. The number of nitrogens with zero attached hydrogens (tertiary/aromatic N) is 2. The normalized spacial score (nSPS) is 16.2. The molecule has 0 fully saturated rings. The molecule has 6 nitrogen and oxygen atoms in total. The fourth-order valence-electron chi connectivity index (χ4n) is 4.02. The minimum atomic E-state index is -3.86. The quantitative estimate of drug-likeness (QED) is 0.608. The monoisotopic (exact) mass is 434 g/mol. The van der Waals surface area contributed by atoms with Gasteiger partial charge in [0.1, 0.15) is 0 Å². The van der Waals surface area contributed by atoms with Gasteiger partial charge in [-0.3, -0.25) is 0 Å². The van der Waals surface area contributed by atoms with Crippen molar-refractivity contribution in [3.8, 4) is 17.6 Å². The zero-order valence-corrected chi connectivity index (χ0v) is 18.1. The molecule has 0 radical (unpaired) electrons. The van der Waals surface area contributed by atoms with E-state index in [4.69, 9.17) is 9.47 Å². The van der Waals surface area contributed by atoms with Crippen LogP contribution in [0.2, 0.25) is 0 Å². The maximum atomic E-state index is 13.7. The van der Waals surface area contributed by atoms with Crippen molar-refractivity contribution in [3.05, 3.63) is 89.0 Å².